The molecule has 0 bridgehead atoms. The van der Waals surface area contributed by atoms with Crippen LogP contribution in [0.15, 0.2) is 35.4 Å². The van der Waals surface area contributed by atoms with Crippen LogP contribution in [0.5, 0.6) is 0 Å². The van der Waals surface area contributed by atoms with Gasteiger partial charge in [0.25, 0.3) is 0 Å². The van der Waals surface area contributed by atoms with Crippen LogP contribution in [0.3, 0.4) is 0 Å². The van der Waals surface area contributed by atoms with Gasteiger partial charge in [-0.25, -0.2) is 9.50 Å². The molecule has 2 aromatic heterocycles. The van der Waals surface area contributed by atoms with Crippen molar-refractivity contribution < 1.29 is 4.79 Å². The second-order valence-electron chi connectivity index (χ2n) is 7.80. The Labute approximate surface area is 169 Å². The maximum atomic E-state index is 11.8. The van der Waals surface area contributed by atoms with Crippen LogP contribution >= 0.6 is 23.4 Å². The lowest BCUT2D eigenvalue weighted by atomic mass is 9.92. The number of carbonyl (C=O) groups is 1. The van der Waals surface area contributed by atoms with Crippen molar-refractivity contribution in [1.29, 1.82) is 0 Å². The van der Waals surface area contributed by atoms with Gasteiger partial charge in [-0.2, -0.15) is 5.10 Å². The summed E-state index contributed by atoms with van der Waals surface area (Å²) in [7, 11) is 0. The maximum absolute atomic E-state index is 11.8. The normalized spacial score (nSPS) is 13.1. The van der Waals surface area contributed by atoms with E-state index in [4.69, 9.17) is 21.7 Å². The Bertz CT molecular complexity index is 1000. The van der Waals surface area contributed by atoms with E-state index < -0.39 is 0 Å². The second-order valence-corrected chi connectivity index (χ2v) is 9.60. The van der Waals surface area contributed by atoms with Gasteiger partial charge in [-0.3, -0.25) is 4.79 Å². The van der Waals surface area contributed by atoms with E-state index in [2.05, 4.69) is 26.8 Å². The van der Waals surface area contributed by atoms with Gasteiger partial charge in [0.1, 0.15) is 10.8 Å². The van der Waals surface area contributed by atoms with E-state index >= 15 is 0 Å². The molecule has 1 aromatic carbocycles. The van der Waals surface area contributed by atoms with E-state index in [0.717, 1.165) is 33.2 Å². The monoisotopic (exact) mass is 401 g/mol. The Kier molecular flexibility index (Phi) is 5.37. The van der Waals surface area contributed by atoms with Crippen LogP contribution < -0.4 is 0 Å². The smallest absolute Gasteiger partial charge is 0.164 e. The minimum atomic E-state index is -0.146. The van der Waals surface area contributed by atoms with Gasteiger partial charge in [0.15, 0.2) is 5.65 Å². The fourth-order valence-corrected chi connectivity index (χ4v) is 3.84. The SMILES string of the molecule is CC(=O)[C@@H](C)Sc1cc(C(C)(C)C)nc2c(-c3ccc(Cl)cc3)c(C)nn12. The average molecular weight is 402 g/mol. The molecule has 0 saturated heterocycles. The summed E-state index contributed by atoms with van der Waals surface area (Å²) < 4.78 is 1.86. The van der Waals surface area contributed by atoms with Crippen LogP contribution in [0.25, 0.3) is 16.8 Å². The summed E-state index contributed by atoms with van der Waals surface area (Å²) in [6.07, 6.45) is 0. The van der Waals surface area contributed by atoms with Gasteiger partial charge in [0.2, 0.25) is 0 Å². The Balaban J connectivity index is 2.28. The van der Waals surface area contributed by atoms with Crippen LogP contribution in [0.1, 0.15) is 46.0 Å². The molecule has 0 amide bonds. The molecule has 1 atom stereocenters. The third-order valence-electron chi connectivity index (χ3n) is 4.50. The number of aryl methyl sites for hydroxylation is 1. The number of halogens is 1. The highest BCUT2D eigenvalue weighted by Crippen LogP contribution is 2.34. The zero-order chi connectivity index (χ0) is 19.9. The van der Waals surface area contributed by atoms with Gasteiger partial charge < -0.3 is 0 Å². The van der Waals surface area contributed by atoms with E-state index in [1.807, 2.05) is 42.6 Å². The van der Waals surface area contributed by atoms with Crippen molar-refractivity contribution in [3.63, 3.8) is 0 Å². The molecule has 6 heteroatoms. The minimum absolute atomic E-state index is 0.119. The molecular weight excluding hydrogens is 378 g/mol. The van der Waals surface area contributed by atoms with Crippen LogP contribution in [0.2, 0.25) is 5.02 Å². The molecule has 0 fully saturated rings. The van der Waals surface area contributed by atoms with Crippen LogP contribution in [-0.2, 0) is 10.2 Å². The van der Waals surface area contributed by atoms with Crippen molar-refractivity contribution in [2.24, 2.45) is 0 Å². The van der Waals surface area contributed by atoms with Gasteiger partial charge >= 0.3 is 0 Å². The first-order valence-electron chi connectivity index (χ1n) is 8.92. The number of carbonyl (C=O) groups excluding carboxylic acids is 1. The van der Waals surface area contributed by atoms with Gasteiger partial charge in [-0.15, -0.1) is 0 Å². The first kappa shape index (κ1) is 19.9. The molecule has 0 radical (unpaired) electrons. The van der Waals surface area contributed by atoms with Gasteiger partial charge in [0.05, 0.1) is 16.6 Å². The Hall–Kier alpha value is -1.85. The molecule has 0 N–H and O–H groups in total. The molecule has 2 heterocycles. The Morgan fingerprint density at radius 2 is 1.85 bits per heavy atom. The number of hydrogen-bond acceptors (Lipinski definition) is 4. The summed E-state index contributed by atoms with van der Waals surface area (Å²) in [4.78, 5) is 16.8. The van der Waals surface area contributed by atoms with Crippen LogP contribution in [0.4, 0.5) is 0 Å². The number of ketones is 1. The molecule has 0 aliphatic heterocycles. The zero-order valence-electron chi connectivity index (χ0n) is 16.5. The number of Topliss-reactive ketones (excluding diaryl/α,β-unsaturated/α-hetero) is 1. The van der Waals surface area contributed by atoms with Gasteiger partial charge in [-0.1, -0.05) is 56.3 Å². The number of aromatic nitrogens is 3. The number of benzene rings is 1. The Morgan fingerprint density at radius 1 is 1.22 bits per heavy atom. The topological polar surface area (TPSA) is 47.3 Å². The summed E-state index contributed by atoms with van der Waals surface area (Å²) in [6, 6.07) is 9.78. The summed E-state index contributed by atoms with van der Waals surface area (Å²) >= 11 is 7.58. The number of thioether (sulfide) groups is 1. The molecule has 27 heavy (non-hydrogen) atoms. The van der Waals surface area contributed by atoms with Crippen molar-refractivity contribution in [2.45, 2.75) is 57.2 Å². The van der Waals surface area contributed by atoms with Gasteiger partial charge in [0, 0.05) is 16.0 Å². The number of hydrogen-bond donors (Lipinski definition) is 0. The molecule has 0 unspecified atom stereocenters. The second kappa shape index (κ2) is 7.28. The quantitative estimate of drug-likeness (QED) is 0.414. The maximum Gasteiger partial charge on any atom is 0.164 e. The van der Waals surface area contributed by atoms with Crippen molar-refractivity contribution >= 4 is 34.8 Å². The molecular formula is C21H24ClN3OS. The van der Waals surface area contributed by atoms with Crippen molar-refractivity contribution in [1.82, 2.24) is 14.6 Å². The van der Waals surface area contributed by atoms with E-state index in [1.165, 1.54) is 11.8 Å². The van der Waals surface area contributed by atoms with Crippen LogP contribution in [0, 0.1) is 6.92 Å². The highest BCUT2D eigenvalue weighted by Gasteiger charge is 2.23. The predicted octanol–water partition coefficient (Wildman–Crippen LogP) is 5.73. The lowest BCUT2D eigenvalue weighted by molar-refractivity contribution is -0.116. The lowest BCUT2D eigenvalue weighted by Crippen LogP contribution is -2.16. The molecule has 0 saturated carbocycles. The van der Waals surface area contributed by atoms with Crippen LogP contribution in [-0.4, -0.2) is 25.6 Å². The van der Waals surface area contributed by atoms with E-state index in [1.54, 1.807) is 6.92 Å². The fourth-order valence-electron chi connectivity index (χ4n) is 2.78. The van der Waals surface area contributed by atoms with E-state index in [9.17, 15) is 4.79 Å². The first-order chi connectivity index (χ1) is 12.6. The minimum Gasteiger partial charge on any atom is -0.299 e. The number of rotatable bonds is 4. The van der Waals surface area contributed by atoms with E-state index in [0.29, 0.717) is 5.02 Å². The summed E-state index contributed by atoms with van der Waals surface area (Å²) in [6.45, 7) is 11.9. The summed E-state index contributed by atoms with van der Waals surface area (Å²) in [5.74, 6) is 0.143. The zero-order valence-corrected chi connectivity index (χ0v) is 18.1. The highest BCUT2D eigenvalue weighted by atomic mass is 35.5. The van der Waals surface area contributed by atoms with Crippen molar-refractivity contribution in [2.75, 3.05) is 0 Å². The van der Waals surface area contributed by atoms with Crippen molar-refractivity contribution in [3.05, 3.63) is 46.7 Å². The number of nitrogens with zero attached hydrogens (tertiary/aromatic N) is 3. The molecule has 4 nitrogen and oxygen atoms in total. The molecule has 3 rings (SSSR count). The van der Waals surface area contributed by atoms with Gasteiger partial charge in [-0.05, 0) is 44.5 Å². The first-order valence-corrected chi connectivity index (χ1v) is 10.2. The molecule has 0 aliphatic carbocycles. The summed E-state index contributed by atoms with van der Waals surface area (Å²) in [5.41, 5.74) is 4.58. The third-order valence-corrected chi connectivity index (χ3v) is 5.97. The van der Waals surface area contributed by atoms with E-state index in [-0.39, 0.29) is 16.4 Å². The largest absolute Gasteiger partial charge is 0.299 e. The average Bonchev–Trinajstić information content (AvgIpc) is 2.91. The summed E-state index contributed by atoms with van der Waals surface area (Å²) in [5, 5.41) is 6.21. The Morgan fingerprint density at radius 3 is 2.41 bits per heavy atom. The molecule has 0 aliphatic rings. The standard InChI is InChI=1S/C21H24ClN3OS/c1-12-19(15-7-9-16(22)10-8-15)20-23-17(21(4,5)6)11-18(25(20)24-12)27-14(3)13(2)26/h7-11,14H,1-6H3/t14-/m1/s1. The molecule has 0 spiro atoms. The molecule has 142 valence electrons. The lowest BCUT2D eigenvalue weighted by Gasteiger charge is -2.20. The van der Waals surface area contributed by atoms with Crippen molar-refractivity contribution in [3.8, 4) is 11.1 Å². The number of fused-ring (bicyclic) bond motifs is 1. The molecule has 3 aromatic rings. The highest BCUT2D eigenvalue weighted by molar-refractivity contribution is 8.00. The third kappa shape index (κ3) is 4.04. The fraction of sp³-hybridized carbons (Fsp3) is 0.381. The predicted molar refractivity (Wildman–Crippen MR) is 113 cm³/mol.